The molecule has 5 rings (SSSR count). The Morgan fingerprint density at radius 1 is 1.15 bits per heavy atom. The number of rotatable bonds is 7. The molecule has 0 saturated carbocycles. The molecule has 1 amide bonds. The Labute approximate surface area is 191 Å². The molecule has 170 valence electrons. The summed E-state index contributed by atoms with van der Waals surface area (Å²) in [6.07, 6.45) is 2.86. The summed E-state index contributed by atoms with van der Waals surface area (Å²) in [7, 11) is 0. The monoisotopic (exact) mass is 445 g/mol. The lowest BCUT2D eigenvalue weighted by atomic mass is 10.1. The summed E-state index contributed by atoms with van der Waals surface area (Å²) < 4.78 is 9.12. The van der Waals surface area contributed by atoms with E-state index in [2.05, 4.69) is 15.5 Å². The molecule has 3 heterocycles. The zero-order valence-electron chi connectivity index (χ0n) is 18.7. The van der Waals surface area contributed by atoms with Gasteiger partial charge in [0, 0.05) is 26.0 Å². The van der Waals surface area contributed by atoms with E-state index in [9.17, 15) is 9.59 Å². The molecule has 1 saturated heterocycles. The quantitative estimate of drug-likeness (QED) is 0.472. The van der Waals surface area contributed by atoms with Crippen molar-refractivity contribution in [3.05, 3.63) is 75.8 Å². The van der Waals surface area contributed by atoms with E-state index in [1.807, 2.05) is 59.9 Å². The van der Waals surface area contributed by atoms with E-state index in [0.29, 0.717) is 42.9 Å². The van der Waals surface area contributed by atoms with E-state index >= 15 is 0 Å². The number of ether oxygens (including phenoxy) is 1. The second-order valence-corrected chi connectivity index (χ2v) is 8.58. The number of nitrogens with one attached hydrogen (secondary N) is 1. The second-order valence-electron chi connectivity index (χ2n) is 8.58. The molecule has 1 aliphatic heterocycles. The van der Waals surface area contributed by atoms with Crippen molar-refractivity contribution in [2.45, 2.75) is 45.3 Å². The van der Waals surface area contributed by atoms with Gasteiger partial charge in [0.25, 0.3) is 5.56 Å². The van der Waals surface area contributed by atoms with Gasteiger partial charge in [-0.3, -0.25) is 18.6 Å². The van der Waals surface area contributed by atoms with Crippen LogP contribution in [0.3, 0.4) is 0 Å². The van der Waals surface area contributed by atoms with Crippen molar-refractivity contribution < 1.29 is 9.53 Å². The number of carbonyl (C=O) groups is 1. The standard InChI is InChI=1S/C25H27N5O3/c1-17-8-10-18(11-9-17)16-29-24(32)20-6-2-3-7-21(20)30-22(27-28-25(29)30)12-13-23(31)26-15-19-5-4-14-33-19/h2-3,6-11,19H,4-5,12-16H2,1H3,(H,26,31)/t19-/m1/s1. The number of fused-ring (bicyclic) bond motifs is 3. The van der Waals surface area contributed by atoms with Crippen molar-refractivity contribution >= 4 is 22.6 Å². The van der Waals surface area contributed by atoms with Crippen LogP contribution in [0.25, 0.3) is 16.7 Å². The highest BCUT2D eigenvalue weighted by atomic mass is 16.5. The molecule has 0 bridgehead atoms. The van der Waals surface area contributed by atoms with Gasteiger partial charge >= 0.3 is 0 Å². The van der Waals surface area contributed by atoms with Gasteiger partial charge in [-0.05, 0) is 37.5 Å². The Morgan fingerprint density at radius 2 is 1.97 bits per heavy atom. The second kappa shape index (κ2) is 9.15. The van der Waals surface area contributed by atoms with Crippen LogP contribution >= 0.6 is 0 Å². The molecule has 33 heavy (non-hydrogen) atoms. The molecule has 0 radical (unpaired) electrons. The van der Waals surface area contributed by atoms with E-state index < -0.39 is 0 Å². The first-order valence-electron chi connectivity index (χ1n) is 11.4. The third-order valence-corrected chi connectivity index (χ3v) is 6.16. The van der Waals surface area contributed by atoms with Crippen molar-refractivity contribution in [2.24, 2.45) is 0 Å². The first-order valence-corrected chi connectivity index (χ1v) is 11.4. The van der Waals surface area contributed by atoms with Gasteiger partial charge < -0.3 is 10.1 Å². The summed E-state index contributed by atoms with van der Waals surface area (Å²) in [5.74, 6) is 1.10. The Kier molecular flexibility index (Phi) is 5.92. The molecular weight excluding hydrogens is 418 g/mol. The molecule has 4 aromatic rings. The number of nitrogens with zero attached hydrogens (tertiary/aromatic N) is 4. The Bertz CT molecular complexity index is 1350. The molecule has 1 N–H and O–H groups in total. The van der Waals surface area contributed by atoms with Gasteiger partial charge in [-0.25, -0.2) is 0 Å². The molecule has 1 aliphatic rings. The largest absolute Gasteiger partial charge is 0.376 e. The molecule has 0 unspecified atom stereocenters. The molecule has 8 heteroatoms. The summed E-state index contributed by atoms with van der Waals surface area (Å²) in [4.78, 5) is 25.7. The molecule has 2 aromatic heterocycles. The lowest BCUT2D eigenvalue weighted by Gasteiger charge is -2.12. The lowest BCUT2D eigenvalue weighted by Crippen LogP contribution is -2.32. The van der Waals surface area contributed by atoms with E-state index in [0.717, 1.165) is 36.1 Å². The number of hydrogen-bond donors (Lipinski definition) is 1. The van der Waals surface area contributed by atoms with Gasteiger partial charge in [0.05, 0.1) is 23.6 Å². The van der Waals surface area contributed by atoms with Gasteiger partial charge in [0.15, 0.2) is 0 Å². The minimum atomic E-state index is -0.105. The molecule has 8 nitrogen and oxygen atoms in total. The van der Waals surface area contributed by atoms with E-state index in [-0.39, 0.29) is 17.6 Å². The molecule has 0 aliphatic carbocycles. The molecule has 1 fully saturated rings. The summed E-state index contributed by atoms with van der Waals surface area (Å²) in [5, 5.41) is 12.3. The van der Waals surface area contributed by atoms with Crippen molar-refractivity contribution in [2.75, 3.05) is 13.2 Å². The summed E-state index contributed by atoms with van der Waals surface area (Å²) >= 11 is 0. The zero-order valence-corrected chi connectivity index (χ0v) is 18.7. The molecule has 0 spiro atoms. The molecular formula is C25H27N5O3. The predicted molar refractivity (Wildman–Crippen MR) is 125 cm³/mol. The van der Waals surface area contributed by atoms with Crippen LogP contribution in [0.2, 0.25) is 0 Å². The average molecular weight is 446 g/mol. The van der Waals surface area contributed by atoms with E-state index in [1.165, 1.54) is 0 Å². The highest BCUT2D eigenvalue weighted by Gasteiger charge is 2.19. The average Bonchev–Trinajstić information content (AvgIpc) is 3.50. The van der Waals surface area contributed by atoms with Crippen LogP contribution < -0.4 is 10.9 Å². The number of benzene rings is 2. The van der Waals surface area contributed by atoms with Crippen molar-refractivity contribution in [1.82, 2.24) is 24.5 Å². The van der Waals surface area contributed by atoms with Crippen LogP contribution in [0.1, 0.15) is 36.2 Å². The highest BCUT2D eigenvalue weighted by molar-refractivity contribution is 5.80. The fourth-order valence-corrected chi connectivity index (χ4v) is 4.34. The lowest BCUT2D eigenvalue weighted by molar-refractivity contribution is -0.121. The normalized spacial score (nSPS) is 16.0. The number of carbonyl (C=O) groups excluding carboxylic acids is 1. The third-order valence-electron chi connectivity index (χ3n) is 6.16. The number of aromatic nitrogens is 4. The predicted octanol–water partition coefficient (Wildman–Crippen LogP) is 2.63. The molecule has 2 aromatic carbocycles. The highest BCUT2D eigenvalue weighted by Crippen LogP contribution is 2.17. The van der Waals surface area contributed by atoms with Gasteiger partial charge in [0.1, 0.15) is 5.82 Å². The van der Waals surface area contributed by atoms with Crippen LogP contribution in [0.5, 0.6) is 0 Å². The van der Waals surface area contributed by atoms with Crippen LogP contribution in [0.15, 0.2) is 53.3 Å². The topological polar surface area (TPSA) is 90.5 Å². The van der Waals surface area contributed by atoms with Crippen LogP contribution in [0, 0.1) is 6.92 Å². The Morgan fingerprint density at radius 3 is 2.76 bits per heavy atom. The first kappa shape index (κ1) is 21.3. The SMILES string of the molecule is Cc1ccc(Cn2c(=O)c3ccccc3n3c(CCC(=O)NC[C@H]4CCCO4)nnc23)cc1. The minimum Gasteiger partial charge on any atom is -0.376 e. The summed E-state index contributed by atoms with van der Waals surface area (Å²) in [5.41, 5.74) is 2.82. The Balaban J connectivity index is 1.45. The molecule has 1 atom stereocenters. The number of aryl methyl sites for hydroxylation is 2. The van der Waals surface area contributed by atoms with Crippen LogP contribution in [-0.4, -0.2) is 44.3 Å². The van der Waals surface area contributed by atoms with Gasteiger partial charge in [-0.15, -0.1) is 10.2 Å². The van der Waals surface area contributed by atoms with Gasteiger partial charge in [-0.2, -0.15) is 0 Å². The van der Waals surface area contributed by atoms with Crippen LogP contribution in [-0.2, 0) is 22.5 Å². The number of hydrogen-bond acceptors (Lipinski definition) is 5. The smallest absolute Gasteiger partial charge is 0.263 e. The Hall–Kier alpha value is -3.52. The maximum atomic E-state index is 13.3. The van der Waals surface area contributed by atoms with E-state index in [4.69, 9.17) is 4.74 Å². The van der Waals surface area contributed by atoms with Crippen LogP contribution in [0.4, 0.5) is 0 Å². The summed E-state index contributed by atoms with van der Waals surface area (Å²) in [6, 6.07) is 15.6. The number of amides is 1. The van der Waals surface area contributed by atoms with Crippen molar-refractivity contribution in [3.8, 4) is 0 Å². The fourth-order valence-electron chi connectivity index (χ4n) is 4.34. The number of para-hydroxylation sites is 1. The van der Waals surface area contributed by atoms with Crippen molar-refractivity contribution in [1.29, 1.82) is 0 Å². The maximum absolute atomic E-state index is 13.3. The van der Waals surface area contributed by atoms with E-state index in [1.54, 1.807) is 4.57 Å². The first-order chi connectivity index (χ1) is 16.1. The summed E-state index contributed by atoms with van der Waals surface area (Å²) in [6.45, 7) is 3.74. The van der Waals surface area contributed by atoms with Crippen molar-refractivity contribution in [3.63, 3.8) is 0 Å². The van der Waals surface area contributed by atoms with Gasteiger partial charge in [0.2, 0.25) is 11.7 Å². The zero-order chi connectivity index (χ0) is 22.8. The third kappa shape index (κ3) is 4.39. The minimum absolute atomic E-state index is 0.0421. The van der Waals surface area contributed by atoms with Gasteiger partial charge in [-0.1, -0.05) is 42.0 Å². The fraction of sp³-hybridized carbons (Fsp3) is 0.360. The maximum Gasteiger partial charge on any atom is 0.263 e.